The van der Waals surface area contributed by atoms with Crippen molar-refractivity contribution in [1.82, 2.24) is 14.8 Å². The molecule has 0 atom stereocenters. The number of carbonyl (C=O) groups excluding carboxylic acids is 2. The number of hydrogen-bond donors (Lipinski definition) is 0. The van der Waals surface area contributed by atoms with Crippen LogP contribution < -0.4 is 0 Å². The molecule has 7 heteroatoms. The highest BCUT2D eigenvalue weighted by atomic mass is 19.3. The SMILES string of the molecule is Cc1ccc2cc(C(=O)N3CCC(F)(F)CC3)ccc2c1-c1cnc2c(c1)CN(C)C2=O. The first-order chi connectivity index (χ1) is 15.2. The lowest BCUT2D eigenvalue weighted by atomic mass is 9.93. The molecule has 2 aliphatic rings. The van der Waals surface area contributed by atoms with Gasteiger partial charge in [-0.2, -0.15) is 0 Å². The third-order valence-corrected chi connectivity index (χ3v) is 6.47. The van der Waals surface area contributed by atoms with Crippen molar-refractivity contribution in [3.05, 3.63) is 65.0 Å². The second-order valence-electron chi connectivity index (χ2n) is 8.73. The Morgan fingerprint density at radius 3 is 2.59 bits per heavy atom. The molecule has 3 heterocycles. The number of piperidine rings is 1. The average Bonchev–Trinajstić information content (AvgIpc) is 3.05. The van der Waals surface area contributed by atoms with Crippen LogP contribution in [0.3, 0.4) is 0 Å². The van der Waals surface area contributed by atoms with Crippen LogP contribution >= 0.6 is 0 Å². The van der Waals surface area contributed by atoms with Gasteiger partial charge in [0.05, 0.1) is 0 Å². The molecule has 0 bridgehead atoms. The fourth-order valence-corrected chi connectivity index (χ4v) is 4.64. The maximum absolute atomic E-state index is 13.5. The smallest absolute Gasteiger partial charge is 0.272 e. The number of likely N-dealkylation sites (tertiary alicyclic amines) is 1. The summed E-state index contributed by atoms with van der Waals surface area (Å²) in [5.41, 5.74) is 4.89. The molecule has 1 saturated heterocycles. The molecule has 3 aromatic rings. The fourth-order valence-electron chi connectivity index (χ4n) is 4.64. The van der Waals surface area contributed by atoms with Gasteiger partial charge in [-0.05, 0) is 47.0 Å². The first kappa shape index (κ1) is 20.5. The van der Waals surface area contributed by atoms with Crippen LogP contribution in [0, 0.1) is 6.92 Å². The number of alkyl halides is 2. The molecule has 5 nitrogen and oxygen atoms in total. The van der Waals surface area contributed by atoms with Gasteiger partial charge >= 0.3 is 0 Å². The number of pyridine rings is 1. The van der Waals surface area contributed by atoms with Crippen molar-refractivity contribution in [2.75, 3.05) is 20.1 Å². The van der Waals surface area contributed by atoms with Crippen LogP contribution in [0.4, 0.5) is 8.78 Å². The minimum absolute atomic E-state index is 0.0664. The van der Waals surface area contributed by atoms with Gasteiger partial charge in [0, 0.05) is 62.4 Å². The highest BCUT2D eigenvalue weighted by Gasteiger charge is 2.35. The number of aryl methyl sites for hydroxylation is 1. The third-order valence-electron chi connectivity index (χ3n) is 6.47. The van der Waals surface area contributed by atoms with E-state index in [1.165, 1.54) is 4.90 Å². The molecule has 164 valence electrons. The van der Waals surface area contributed by atoms with E-state index in [1.54, 1.807) is 24.2 Å². The highest BCUT2D eigenvalue weighted by molar-refractivity contribution is 6.04. The molecule has 0 N–H and O–H groups in total. The highest BCUT2D eigenvalue weighted by Crippen LogP contribution is 2.35. The van der Waals surface area contributed by atoms with E-state index in [4.69, 9.17) is 0 Å². The maximum atomic E-state index is 13.5. The van der Waals surface area contributed by atoms with Gasteiger partial charge < -0.3 is 9.80 Å². The van der Waals surface area contributed by atoms with E-state index in [0.29, 0.717) is 17.8 Å². The van der Waals surface area contributed by atoms with Gasteiger partial charge in [-0.25, -0.2) is 8.78 Å². The largest absolute Gasteiger partial charge is 0.338 e. The summed E-state index contributed by atoms with van der Waals surface area (Å²) < 4.78 is 26.9. The van der Waals surface area contributed by atoms with Crippen LogP contribution in [-0.2, 0) is 6.54 Å². The molecule has 2 amide bonds. The van der Waals surface area contributed by atoms with E-state index >= 15 is 0 Å². The summed E-state index contributed by atoms with van der Waals surface area (Å²) >= 11 is 0. The van der Waals surface area contributed by atoms with Crippen LogP contribution in [0.15, 0.2) is 42.6 Å². The van der Waals surface area contributed by atoms with E-state index in [9.17, 15) is 18.4 Å². The number of benzene rings is 2. The molecule has 0 aliphatic carbocycles. The number of halogens is 2. The van der Waals surface area contributed by atoms with Gasteiger partial charge in [0.2, 0.25) is 0 Å². The minimum atomic E-state index is -2.68. The van der Waals surface area contributed by atoms with Crippen LogP contribution in [0.25, 0.3) is 21.9 Å². The molecule has 1 fully saturated rings. The standard InChI is InChI=1S/C25H23F2N3O2/c1-15-3-4-16-11-17(23(31)30-9-7-25(26,27)8-10-30)5-6-20(16)21(15)18-12-19-14-29(2)24(32)22(19)28-13-18/h3-6,11-13H,7-10,14H2,1-2H3. The first-order valence-electron chi connectivity index (χ1n) is 10.7. The summed E-state index contributed by atoms with van der Waals surface area (Å²) in [4.78, 5) is 32.6. The molecule has 0 radical (unpaired) electrons. The zero-order chi connectivity index (χ0) is 22.6. The van der Waals surface area contributed by atoms with Gasteiger partial charge in [0.25, 0.3) is 17.7 Å². The number of hydrogen-bond acceptors (Lipinski definition) is 3. The van der Waals surface area contributed by atoms with Crippen LogP contribution in [0.5, 0.6) is 0 Å². The molecule has 1 aromatic heterocycles. The zero-order valence-corrected chi connectivity index (χ0v) is 18.0. The van der Waals surface area contributed by atoms with Crippen molar-refractivity contribution in [2.24, 2.45) is 0 Å². The van der Waals surface area contributed by atoms with E-state index in [1.807, 2.05) is 37.3 Å². The van der Waals surface area contributed by atoms with Crippen molar-refractivity contribution < 1.29 is 18.4 Å². The predicted molar refractivity (Wildman–Crippen MR) is 118 cm³/mol. The molecule has 0 unspecified atom stereocenters. The number of fused-ring (bicyclic) bond motifs is 2. The van der Waals surface area contributed by atoms with E-state index in [2.05, 4.69) is 4.98 Å². The number of rotatable bonds is 2. The Hall–Kier alpha value is -3.35. The summed E-state index contributed by atoms with van der Waals surface area (Å²) in [6.07, 6.45) is 1.14. The number of aromatic nitrogens is 1. The Bertz CT molecular complexity index is 1260. The van der Waals surface area contributed by atoms with E-state index in [0.717, 1.165) is 33.0 Å². The molecule has 0 saturated carbocycles. The van der Waals surface area contributed by atoms with Gasteiger partial charge in [0.15, 0.2) is 0 Å². The minimum Gasteiger partial charge on any atom is -0.338 e. The monoisotopic (exact) mass is 435 g/mol. The third kappa shape index (κ3) is 3.42. The topological polar surface area (TPSA) is 53.5 Å². The molecule has 0 spiro atoms. The molecule has 32 heavy (non-hydrogen) atoms. The summed E-state index contributed by atoms with van der Waals surface area (Å²) in [6.45, 7) is 2.69. The summed E-state index contributed by atoms with van der Waals surface area (Å²) in [6, 6.07) is 11.5. The van der Waals surface area contributed by atoms with Gasteiger partial charge in [-0.3, -0.25) is 14.6 Å². The number of nitrogens with zero attached hydrogens (tertiary/aromatic N) is 3. The lowest BCUT2D eigenvalue weighted by Gasteiger charge is -2.31. The summed E-state index contributed by atoms with van der Waals surface area (Å²) in [5.74, 6) is -2.97. The Labute approximate surface area is 184 Å². The van der Waals surface area contributed by atoms with E-state index < -0.39 is 5.92 Å². The lowest BCUT2D eigenvalue weighted by Crippen LogP contribution is -2.42. The number of carbonyl (C=O) groups is 2. The molecular weight excluding hydrogens is 412 g/mol. The lowest BCUT2D eigenvalue weighted by molar-refractivity contribution is -0.0494. The maximum Gasteiger partial charge on any atom is 0.272 e. The van der Waals surface area contributed by atoms with Crippen molar-refractivity contribution in [1.29, 1.82) is 0 Å². The van der Waals surface area contributed by atoms with Crippen molar-refractivity contribution in [2.45, 2.75) is 32.2 Å². The van der Waals surface area contributed by atoms with Crippen molar-refractivity contribution in [3.8, 4) is 11.1 Å². The second-order valence-corrected chi connectivity index (χ2v) is 8.73. The van der Waals surface area contributed by atoms with Crippen molar-refractivity contribution >= 4 is 22.6 Å². The Morgan fingerprint density at radius 2 is 1.84 bits per heavy atom. The molecular formula is C25H23F2N3O2. The van der Waals surface area contributed by atoms with E-state index in [-0.39, 0.29) is 37.7 Å². The summed E-state index contributed by atoms with van der Waals surface area (Å²) in [7, 11) is 1.76. The normalized spacial score (nSPS) is 17.7. The zero-order valence-electron chi connectivity index (χ0n) is 18.0. The van der Waals surface area contributed by atoms with Gasteiger partial charge in [0.1, 0.15) is 5.69 Å². The fraction of sp³-hybridized carbons (Fsp3) is 0.320. The summed E-state index contributed by atoms with van der Waals surface area (Å²) in [5, 5.41) is 1.87. The first-order valence-corrected chi connectivity index (χ1v) is 10.7. The Kier molecular flexibility index (Phi) is 4.73. The molecule has 2 aliphatic heterocycles. The van der Waals surface area contributed by atoms with Crippen LogP contribution in [0.2, 0.25) is 0 Å². The van der Waals surface area contributed by atoms with Crippen LogP contribution in [0.1, 0.15) is 44.8 Å². The van der Waals surface area contributed by atoms with Crippen LogP contribution in [-0.4, -0.2) is 52.7 Å². The van der Waals surface area contributed by atoms with Gasteiger partial charge in [-0.1, -0.05) is 18.2 Å². The predicted octanol–water partition coefficient (Wildman–Crippen LogP) is 4.67. The number of amides is 2. The second kappa shape index (κ2) is 7.36. The van der Waals surface area contributed by atoms with Gasteiger partial charge in [-0.15, -0.1) is 0 Å². The molecule has 2 aromatic carbocycles. The Morgan fingerprint density at radius 1 is 1.09 bits per heavy atom. The Balaban J connectivity index is 1.51. The van der Waals surface area contributed by atoms with Crippen molar-refractivity contribution in [3.63, 3.8) is 0 Å². The quantitative estimate of drug-likeness (QED) is 0.588. The molecule has 5 rings (SSSR count). The average molecular weight is 435 g/mol.